The Morgan fingerprint density at radius 1 is 1.46 bits per heavy atom. The van der Waals surface area contributed by atoms with Gasteiger partial charge >= 0.3 is 0 Å². The van der Waals surface area contributed by atoms with Crippen molar-refractivity contribution >= 4 is 15.9 Å². The second kappa shape index (κ2) is 3.31. The molecule has 0 fully saturated rings. The van der Waals surface area contributed by atoms with Gasteiger partial charge in [-0.25, -0.2) is 0 Å². The van der Waals surface area contributed by atoms with Crippen LogP contribution < -0.4 is 0 Å². The minimum atomic E-state index is -0.269. The lowest BCUT2D eigenvalue weighted by molar-refractivity contribution is 0.222. The summed E-state index contributed by atoms with van der Waals surface area (Å²) < 4.78 is 10.5. The molecule has 0 unspecified atom stereocenters. The Hall–Kier alpha value is -1.14. The summed E-state index contributed by atoms with van der Waals surface area (Å²) in [5, 5.41) is 12.3. The molecule has 0 radical (unpaired) electrons. The van der Waals surface area contributed by atoms with Gasteiger partial charge in [0.15, 0.2) is 10.4 Å². The van der Waals surface area contributed by atoms with Gasteiger partial charge in [-0.05, 0) is 28.1 Å². The number of halogens is 1. The van der Waals surface area contributed by atoms with Gasteiger partial charge in [-0.1, -0.05) is 5.16 Å². The van der Waals surface area contributed by atoms with Crippen molar-refractivity contribution in [1.29, 1.82) is 0 Å². The number of furan rings is 1. The van der Waals surface area contributed by atoms with Gasteiger partial charge in [0.25, 0.3) is 5.89 Å². The van der Waals surface area contributed by atoms with Crippen LogP contribution in [0, 0.1) is 0 Å². The first-order valence-corrected chi connectivity index (χ1v) is 4.28. The summed E-state index contributed by atoms with van der Waals surface area (Å²) in [6.45, 7) is -0.269. The van der Waals surface area contributed by atoms with Gasteiger partial charge in [-0.3, -0.25) is 0 Å². The fourth-order valence-corrected chi connectivity index (χ4v) is 1.16. The van der Waals surface area contributed by atoms with E-state index in [0.29, 0.717) is 16.3 Å². The molecule has 0 spiro atoms. The molecule has 68 valence electrons. The Morgan fingerprint density at radius 2 is 2.31 bits per heavy atom. The molecule has 2 aromatic heterocycles. The number of aromatic nitrogens is 2. The van der Waals surface area contributed by atoms with E-state index in [-0.39, 0.29) is 12.5 Å². The fraction of sp³-hybridized carbons (Fsp3) is 0.143. The molecule has 0 atom stereocenters. The lowest BCUT2D eigenvalue weighted by atomic mass is 10.4. The van der Waals surface area contributed by atoms with Gasteiger partial charge in [-0.15, -0.1) is 0 Å². The molecule has 2 rings (SSSR count). The Bertz CT molecular complexity index is 409. The van der Waals surface area contributed by atoms with E-state index in [1.54, 1.807) is 12.1 Å². The van der Waals surface area contributed by atoms with Crippen molar-refractivity contribution in [3.8, 4) is 11.6 Å². The van der Waals surface area contributed by atoms with Crippen LogP contribution >= 0.6 is 15.9 Å². The smallest absolute Gasteiger partial charge is 0.252 e. The minimum Gasteiger partial charge on any atom is -0.446 e. The van der Waals surface area contributed by atoms with Gasteiger partial charge in [0.1, 0.15) is 6.61 Å². The number of nitrogens with zero attached hydrogens (tertiary/aromatic N) is 2. The van der Waals surface area contributed by atoms with E-state index in [1.165, 1.54) is 0 Å². The number of rotatable bonds is 2. The number of hydrogen-bond donors (Lipinski definition) is 1. The van der Waals surface area contributed by atoms with Crippen LogP contribution in [0.25, 0.3) is 11.6 Å². The number of aliphatic hydroxyl groups is 1. The average molecular weight is 245 g/mol. The topological polar surface area (TPSA) is 72.3 Å². The molecule has 0 saturated carbocycles. The molecule has 0 aliphatic carbocycles. The van der Waals surface area contributed by atoms with Crippen LogP contribution in [0.4, 0.5) is 0 Å². The van der Waals surface area contributed by atoms with Crippen molar-refractivity contribution in [3.05, 3.63) is 22.7 Å². The summed E-state index contributed by atoms with van der Waals surface area (Å²) in [6.07, 6.45) is 0. The molecule has 0 saturated heterocycles. The summed E-state index contributed by atoms with van der Waals surface area (Å²) in [6, 6.07) is 3.43. The van der Waals surface area contributed by atoms with Crippen molar-refractivity contribution in [2.24, 2.45) is 0 Å². The third-order valence-electron chi connectivity index (χ3n) is 1.40. The number of aliphatic hydroxyl groups excluding tert-OH is 1. The van der Waals surface area contributed by atoms with Crippen molar-refractivity contribution in [1.82, 2.24) is 10.1 Å². The SMILES string of the molecule is OCc1nc(-c2ccc(Br)o2)no1. The van der Waals surface area contributed by atoms with Crippen molar-refractivity contribution < 1.29 is 14.0 Å². The first kappa shape index (κ1) is 8.46. The summed E-state index contributed by atoms with van der Waals surface area (Å²) >= 11 is 3.15. The maximum atomic E-state index is 8.67. The average Bonchev–Trinajstić information content (AvgIpc) is 2.71. The predicted molar refractivity (Wildman–Crippen MR) is 45.6 cm³/mol. The van der Waals surface area contributed by atoms with E-state index < -0.39 is 0 Å². The van der Waals surface area contributed by atoms with E-state index >= 15 is 0 Å². The second-order valence-electron chi connectivity index (χ2n) is 2.27. The molecule has 0 aromatic carbocycles. The fourth-order valence-electron chi connectivity index (χ4n) is 0.854. The zero-order valence-corrected chi connectivity index (χ0v) is 7.98. The molecule has 13 heavy (non-hydrogen) atoms. The van der Waals surface area contributed by atoms with Crippen LogP contribution in [0.2, 0.25) is 0 Å². The Balaban J connectivity index is 2.35. The highest BCUT2D eigenvalue weighted by Crippen LogP contribution is 2.22. The maximum Gasteiger partial charge on any atom is 0.252 e. The second-order valence-corrected chi connectivity index (χ2v) is 3.06. The molecule has 2 aromatic rings. The lowest BCUT2D eigenvalue weighted by Gasteiger charge is -1.83. The predicted octanol–water partition coefficient (Wildman–Crippen LogP) is 1.58. The monoisotopic (exact) mass is 244 g/mol. The maximum absolute atomic E-state index is 8.67. The van der Waals surface area contributed by atoms with Crippen molar-refractivity contribution in [2.75, 3.05) is 0 Å². The third-order valence-corrected chi connectivity index (χ3v) is 1.82. The first-order chi connectivity index (χ1) is 6.29. The third kappa shape index (κ3) is 1.63. The van der Waals surface area contributed by atoms with Crippen LogP contribution in [0.15, 0.2) is 25.7 Å². The Kier molecular flexibility index (Phi) is 2.15. The number of hydrogen-bond acceptors (Lipinski definition) is 5. The Morgan fingerprint density at radius 3 is 2.85 bits per heavy atom. The molecule has 0 amide bonds. The van der Waals surface area contributed by atoms with E-state index in [1.807, 2.05) is 0 Å². The van der Waals surface area contributed by atoms with Crippen molar-refractivity contribution in [3.63, 3.8) is 0 Å². The van der Waals surface area contributed by atoms with E-state index in [0.717, 1.165) is 0 Å². The molecule has 6 heteroatoms. The van der Waals surface area contributed by atoms with Crippen LogP contribution in [-0.2, 0) is 6.61 Å². The standard InChI is InChI=1S/C7H5BrN2O3/c8-5-2-1-4(12-5)7-9-6(3-11)13-10-7/h1-2,11H,3H2. The summed E-state index contributed by atoms with van der Waals surface area (Å²) in [5.41, 5.74) is 0. The van der Waals surface area contributed by atoms with Gasteiger partial charge < -0.3 is 14.0 Å². The molecule has 0 bridgehead atoms. The Labute approximate surface area is 81.5 Å². The first-order valence-electron chi connectivity index (χ1n) is 3.49. The molecular formula is C7H5BrN2O3. The lowest BCUT2D eigenvalue weighted by Crippen LogP contribution is -1.81. The molecule has 5 nitrogen and oxygen atoms in total. The zero-order valence-electron chi connectivity index (χ0n) is 6.40. The van der Waals surface area contributed by atoms with Gasteiger partial charge in [0, 0.05) is 0 Å². The van der Waals surface area contributed by atoms with E-state index in [4.69, 9.17) is 14.0 Å². The summed E-state index contributed by atoms with van der Waals surface area (Å²) in [5.74, 6) is 0.993. The highest BCUT2D eigenvalue weighted by Gasteiger charge is 2.10. The van der Waals surface area contributed by atoms with Crippen LogP contribution in [0.1, 0.15) is 5.89 Å². The van der Waals surface area contributed by atoms with E-state index in [2.05, 4.69) is 26.1 Å². The van der Waals surface area contributed by atoms with Gasteiger partial charge in [-0.2, -0.15) is 4.98 Å². The van der Waals surface area contributed by atoms with E-state index in [9.17, 15) is 0 Å². The molecular weight excluding hydrogens is 240 g/mol. The highest BCUT2D eigenvalue weighted by atomic mass is 79.9. The summed E-state index contributed by atoms with van der Waals surface area (Å²) in [4.78, 5) is 3.87. The minimum absolute atomic E-state index is 0.169. The van der Waals surface area contributed by atoms with Crippen LogP contribution in [0.5, 0.6) is 0 Å². The largest absolute Gasteiger partial charge is 0.446 e. The van der Waals surface area contributed by atoms with Crippen molar-refractivity contribution in [2.45, 2.75) is 6.61 Å². The van der Waals surface area contributed by atoms with Crippen LogP contribution in [0.3, 0.4) is 0 Å². The highest BCUT2D eigenvalue weighted by molar-refractivity contribution is 9.10. The van der Waals surface area contributed by atoms with Gasteiger partial charge in [0.2, 0.25) is 5.82 Å². The quantitative estimate of drug-likeness (QED) is 0.869. The zero-order chi connectivity index (χ0) is 9.26. The molecule has 0 aliphatic heterocycles. The molecule has 0 aliphatic rings. The summed E-state index contributed by atoms with van der Waals surface area (Å²) in [7, 11) is 0. The molecule has 1 N–H and O–H groups in total. The molecule has 2 heterocycles. The van der Waals surface area contributed by atoms with Gasteiger partial charge in [0.05, 0.1) is 0 Å². The normalized spacial score (nSPS) is 10.6. The van der Waals surface area contributed by atoms with Crippen LogP contribution in [-0.4, -0.2) is 15.2 Å².